The molecule has 3 heterocycles. The summed E-state index contributed by atoms with van der Waals surface area (Å²) in [5.74, 6) is 0.0875. The van der Waals surface area contributed by atoms with Crippen LogP contribution < -0.4 is 5.69 Å². The second kappa shape index (κ2) is 5.02. The summed E-state index contributed by atoms with van der Waals surface area (Å²) in [5, 5.41) is 0.179. The van der Waals surface area contributed by atoms with Gasteiger partial charge in [-0.05, 0) is 12.1 Å². The van der Waals surface area contributed by atoms with Crippen molar-refractivity contribution >= 4 is 26.6 Å². The Balaban J connectivity index is 2.24. The minimum Gasteiger partial charge on any atom is -0.291 e. The van der Waals surface area contributed by atoms with Crippen molar-refractivity contribution in [2.75, 3.05) is 12.5 Å². The predicted octanol–water partition coefficient (Wildman–Crippen LogP) is 1.61. The van der Waals surface area contributed by atoms with Crippen molar-refractivity contribution in [2.24, 2.45) is 4.36 Å². The van der Waals surface area contributed by atoms with Gasteiger partial charge in [-0.25, -0.2) is 23.4 Å². The minimum absolute atomic E-state index is 0.179. The molecule has 22 heavy (non-hydrogen) atoms. The molecule has 0 spiro atoms. The van der Waals surface area contributed by atoms with Gasteiger partial charge in [0, 0.05) is 34.6 Å². The first-order valence-electron chi connectivity index (χ1n) is 6.24. The van der Waals surface area contributed by atoms with Gasteiger partial charge in [-0.1, -0.05) is 6.07 Å². The highest BCUT2D eigenvalue weighted by atomic mass is 32.2. The van der Waals surface area contributed by atoms with Gasteiger partial charge >= 0.3 is 5.69 Å². The third-order valence-corrected chi connectivity index (χ3v) is 3.44. The topological polar surface area (TPSA) is 93.0 Å². The molecule has 0 aliphatic carbocycles. The van der Waals surface area contributed by atoms with E-state index in [9.17, 15) is 13.4 Å². The SMILES string of the molecule is CS(C)(=O)=Nc1cccc(-n2cc(F)c3cnc(=O)[nH]c32)n1. The van der Waals surface area contributed by atoms with Gasteiger partial charge in [-0.3, -0.25) is 9.55 Å². The molecule has 0 aromatic carbocycles. The average Bonchev–Trinajstić information content (AvgIpc) is 2.74. The zero-order valence-corrected chi connectivity index (χ0v) is 12.6. The number of halogens is 1. The Labute approximate surface area is 125 Å². The molecule has 7 nitrogen and oxygen atoms in total. The van der Waals surface area contributed by atoms with E-state index in [0.717, 1.165) is 0 Å². The fourth-order valence-electron chi connectivity index (χ4n) is 2.00. The second-order valence-corrected chi connectivity index (χ2v) is 7.47. The Morgan fingerprint density at radius 1 is 1.36 bits per heavy atom. The maximum atomic E-state index is 13.9. The Kier molecular flexibility index (Phi) is 3.28. The average molecular weight is 321 g/mol. The lowest BCUT2D eigenvalue weighted by atomic mass is 10.4. The quantitative estimate of drug-likeness (QED) is 0.776. The summed E-state index contributed by atoms with van der Waals surface area (Å²) in [6.07, 6.45) is 5.35. The number of rotatable bonds is 2. The minimum atomic E-state index is -2.36. The van der Waals surface area contributed by atoms with Gasteiger partial charge in [-0.15, -0.1) is 0 Å². The third kappa shape index (κ3) is 2.75. The van der Waals surface area contributed by atoms with Crippen LogP contribution in [0.1, 0.15) is 0 Å². The van der Waals surface area contributed by atoms with Crippen molar-refractivity contribution in [3.05, 3.63) is 46.9 Å². The molecule has 3 aromatic heterocycles. The third-order valence-electron chi connectivity index (χ3n) is 2.81. The molecule has 0 bridgehead atoms. The molecule has 0 fully saturated rings. The highest BCUT2D eigenvalue weighted by molar-refractivity contribution is 7.92. The zero-order chi connectivity index (χ0) is 15.9. The first-order chi connectivity index (χ1) is 10.3. The Hall–Kier alpha value is -2.55. The standard InChI is InChI=1S/C13H12FN5O2S/c1-22(2,21)18-10-4-3-5-11(16-10)19-7-9(14)8-6-15-13(20)17-12(8)19/h3-7H,1-2H3,(H,15,17,20). The Morgan fingerprint density at radius 3 is 2.86 bits per heavy atom. The zero-order valence-electron chi connectivity index (χ0n) is 11.8. The predicted molar refractivity (Wildman–Crippen MR) is 81.5 cm³/mol. The molecule has 0 unspecified atom stereocenters. The fraction of sp³-hybridized carbons (Fsp3) is 0.154. The molecular formula is C13H12FN5O2S. The first kappa shape index (κ1) is 14.4. The summed E-state index contributed by atoms with van der Waals surface area (Å²) in [5.41, 5.74) is -0.339. The number of hydrogen-bond acceptors (Lipinski definition) is 5. The van der Waals surface area contributed by atoms with E-state index in [1.165, 1.54) is 29.5 Å². The van der Waals surface area contributed by atoms with Gasteiger partial charge in [0.05, 0.1) is 5.39 Å². The van der Waals surface area contributed by atoms with Crippen LogP contribution in [0.15, 0.2) is 39.8 Å². The molecule has 1 N–H and O–H groups in total. The van der Waals surface area contributed by atoms with Crippen LogP contribution in [-0.4, -0.2) is 36.2 Å². The number of pyridine rings is 1. The van der Waals surface area contributed by atoms with Crippen LogP contribution in [-0.2, 0) is 9.73 Å². The number of nitrogens with zero attached hydrogens (tertiary/aromatic N) is 4. The van der Waals surface area contributed by atoms with Gasteiger partial charge in [0.2, 0.25) is 0 Å². The second-order valence-electron chi connectivity index (χ2n) is 4.92. The van der Waals surface area contributed by atoms with Crippen LogP contribution in [0.3, 0.4) is 0 Å². The summed E-state index contributed by atoms with van der Waals surface area (Å²) < 4.78 is 31.0. The van der Waals surface area contributed by atoms with Gasteiger partial charge in [0.25, 0.3) is 0 Å². The lowest BCUT2D eigenvalue weighted by Gasteiger charge is -2.04. The highest BCUT2D eigenvalue weighted by Gasteiger charge is 2.12. The number of aromatic amines is 1. The molecule has 9 heteroatoms. The lowest BCUT2D eigenvalue weighted by Crippen LogP contribution is -2.10. The van der Waals surface area contributed by atoms with Crippen molar-refractivity contribution in [1.29, 1.82) is 0 Å². The molecule has 0 radical (unpaired) electrons. The largest absolute Gasteiger partial charge is 0.346 e. The Morgan fingerprint density at radius 2 is 2.14 bits per heavy atom. The highest BCUT2D eigenvalue weighted by Crippen LogP contribution is 2.21. The molecular weight excluding hydrogens is 309 g/mol. The molecule has 0 saturated heterocycles. The van der Waals surface area contributed by atoms with Crippen LogP contribution in [0, 0.1) is 5.82 Å². The molecule has 0 aliphatic rings. The molecule has 0 atom stereocenters. The maximum absolute atomic E-state index is 13.9. The van der Waals surface area contributed by atoms with Crippen molar-refractivity contribution in [3.63, 3.8) is 0 Å². The van der Waals surface area contributed by atoms with E-state index in [0.29, 0.717) is 5.82 Å². The van der Waals surface area contributed by atoms with Crippen molar-refractivity contribution in [3.8, 4) is 5.82 Å². The van der Waals surface area contributed by atoms with Gasteiger partial charge in [0.15, 0.2) is 11.6 Å². The molecule has 3 rings (SSSR count). The maximum Gasteiger partial charge on any atom is 0.346 e. The molecule has 3 aromatic rings. The van der Waals surface area contributed by atoms with E-state index in [4.69, 9.17) is 0 Å². The smallest absolute Gasteiger partial charge is 0.291 e. The number of hydrogen-bond donors (Lipinski definition) is 1. The van der Waals surface area contributed by atoms with Crippen LogP contribution >= 0.6 is 0 Å². The number of fused-ring (bicyclic) bond motifs is 1. The summed E-state index contributed by atoms with van der Waals surface area (Å²) in [7, 11) is -2.36. The van der Waals surface area contributed by atoms with E-state index < -0.39 is 21.2 Å². The van der Waals surface area contributed by atoms with Gasteiger partial charge in [-0.2, -0.15) is 4.36 Å². The van der Waals surface area contributed by atoms with Crippen LogP contribution in [0.2, 0.25) is 0 Å². The van der Waals surface area contributed by atoms with Crippen LogP contribution in [0.25, 0.3) is 16.9 Å². The monoisotopic (exact) mass is 321 g/mol. The van der Waals surface area contributed by atoms with Crippen molar-refractivity contribution in [1.82, 2.24) is 19.5 Å². The molecule has 0 saturated carbocycles. The van der Waals surface area contributed by atoms with Crippen LogP contribution in [0.5, 0.6) is 0 Å². The lowest BCUT2D eigenvalue weighted by molar-refractivity contribution is 0.635. The van der Waals surface area contributed by atoms with Crippen LogP contribution in [0.4, 0.5) is 10.2 Å². The van der Waals surface area contributed by atoms with Gasteiger partial charge in [0.1, 0.15) is 11.5 Å². The number of aromatic nitrogens is 4. The number of H-pyrrole nitrogens is 1. The summed E-state index contributed by atoms with van der Waals surface area (Å²) in [4.78, 5) is 21.6. The summed E-state index contributed by atoms with van der Waals surface area (Å²) in [6.45, 7) is 0. The molecule has 0 aliphatic heterocycles. The molecule has 0 amide bonds. The van der Waals surface area contributed by atoms with E-state index in [2.05, 4.69) is 19.3 Å². The van der Waals surface area contributed by atoms with E-state index in [1.54, 1.807) is 18.2 Å². The summed E-state index contributed by atoms with van der Waals surface area (Å²) >= 11 is 0. The van der Waals surface area contributed by atoms with Crippen molar-refractivity contribution in [2.45, 2.75) is 0 Å². The Bertz CT molecular complexity index is 1040. The normalized spacial score (nSPS) is 11.8. The number of nitrogens with one attached hydrogen (secondary N) is 1. The van der Waals surface area contributed by atoms with E-state index in [1.807, 2.05) is 0 Å². The van der Waals surface area contributed by atoms with E-state index in [-0.39, 0.29) is 16.9 Å². The van der Waals surface area contributed by atoms with Gasteiger partial charge < -0.3 is 0 Å². The first-order valence-corrected chi connectivity index (χ1v) is 8.57. The summed E-state index contributed by atoms with van der Waals surface area (Å²) in [6, 6.07) is 4.89. The van der Waals surface area contributed by atoms with Crippen molar-refractivity contribution < 1.29 is 8.60 Å². The van der Waals surface area contributed by atoms with E-state index >= 15 is 0 Å². The fourth-order valence-corrected chi connectivity index (χ4v) is 2.55. The molecule has 114 valence electrons.